The standard InChI is InChI=1S/C26H29N5O3/c1-16-5-11-22(12-6-16)27-23(33)15-30-18(3)14-24(34)31-26(30)28-25(29-31)21-9-7-20(8-10-21)17(2)13-19(4)32/h5-12,14,17,19,32H,13,15H2,1-4H3,(H,27,33). The van der Waals surface area contributed by atoms with E-state index in [1.165, 1.54) is 10.6 Å². The van der Waals surface area contributed by atoms with Crippen molar-refractivity contribution in [3.05, 3.63) is 81.8 Å². The number of nitrogens with zero attached hydrogens (tertiary/aromatic N) is 4. The van der Waals surface area contributed by atoms with Crippen LogP contribution in [-0.4, -0.2) is 36.3 Å². The number of aryl methyl sites for hydroxylation is 2. The number of anilines is 1. The van der Waals surface area contributed by atoms with Crippen LogP contribution in [0.2, 0.25) is 0 Å². The van der Waals surface area contributed by atoms with E-state index in [1.807, 2.05) is 55.5 Å². The second-order valence-corrected chi connectivity index (χ2v) is 8.88. The van der Waals surface area contributed by atoms with Gasteiger partial charge in [0.15, 0.2) is 5.82 Å². The van der Waals surface area contributed by atoms with Crippen molar-refractivity contribution in [2.24, 2.45) is 0 Å². The minimum absolute atomic E-state index is 0.00256. The molecule has 8 nitrogen and oxygen atoms in total. The summed E-state index contributed by atoms with van der Waals surface area (Å²) in [5.41, 5.74) is 4.01. The first kappa shape index (κ1) is 23.4. The SMILES string of the molecule is Cc1ccc(NC(=O)Cn2c(C)cc(=O)n3nc(-c4ccc(C(C)CC(C)O)cc4)nc23)cc1. The van der Waals surface area contributed by atoms with E-state index in [2.05, 4.69) is 22.3 Å². The van der Waals surface area contributed by atoms with Gasteiger partial charge in [0.25, 0.3) is 5.56 Å². The number of aromatic nitrogens is 4. The van der Waals surface area contributed by atoms with E-state index in [0.717, 1.165) is 16.7 Å². The van der Waals surface area contributed by atoms with Crippen molar-refractivity contribution in [1.82, 2.24) is 19.2 Å². The average Bonchev–Trinajstić information content (AvgIpc) is 3.24. The summed E-state index contributed by atoms with van der Waals surface area (Å²) in [6.07, 6.45) is 0.308. The highest BCUT2D eigenvalue weighted by molar-refractivity contribution is 5.90. The van der Waals surface area contributed by atoms with Crippen LogP contribution >= 0.6 is 0 Å². The van der Waals surface area contributed by atoms with Gasteiger partial charge in [-0.05, 0) is 50.8 Å². The van der Waals surface area contributed by atoms with Crippen molar-refractivity contribution in [1.29, 1.82) is 0 Å². The molecule has 0 bridgehead atoms. The lowest BCUT2D eigenvalue weighted by Gasteiger charge is -2.13. The summed E-state index contributed by atoms with van der Waals surface area (Å²) in [6.45, 7) is 7.61. The first-order valence-electron chi connectivity index (χ1n) is 11.3. The average molecular weight is 460 g/mol. The van der Waals surface area contributed by atoms with Gasteiger partial charge in [0, 0.05) is 23.0 Å². The van der Waals surface area contributed by atoms with E-state index < -0.39 is 0 Å². The second-order valence-electron chi connectivity index (χ2n) is 8.88. The molecule has 0 fully saturated rings. The van der Waals surface area contributed by atoms with Crippen molar-refractivity contribution < 1.29 is 9.90 Å². The van der Waals surface area contributed by atoms with Crippen molar-refractivity contribution in [2.45, 2.75) is 52.7 Å². The van der Waals surface area contributed by atoms with Crippen LogP contribution in [-0.2, 0) is 11.3 Å². The molecule has 0 radical (unpaired) electrons. The first-order chi connectivity index (χ1) is 16.2. The Labute approximate surface area is 197 Å². The van der Waals surface area contributed by atoms with Crippen LogP contribution in [0, 0.1) is 13.8 Å². The summed E-state index contributed by atoms with van der Waals surface area (Å²) in [5.74, 6) is 0.711. The van der Waals surface area contributed by atoms with Gasteiger partial charge in [0.2, 0.25) is 11.7 Å². The largest absolute Gasteiger partial charge is 0.393 e. The first-order valence-corrected chi connectivity index (χ1v) is 11.3. The molecule has 34 heavy (non-hydrogen) atoms. The molecule has 2 aromatic carbocycles. The number of carbonyl (C=O) groups is 1. The molecule has 0 spiro atoms. The van der Waals surface area contributed by atoms with Gasteiger partial charge in [-0.2, -0.15) is 9.50 Å². The fourth-order valence-electron chi connectivity index (χ4n) is 4.01. The smallest absolute Gasteiger partial charge is 0.275 e. The maximum atomic E-state index is 12.7. The van der Waals surface area contributed by atoms with E-state index in [1.54, 1.807) is 18.4 Å². The molecule has 4 rings (SSSR count). The number of rotatable bonds is 7. The van der Waals surface area contributed by atoms with Crippen LogP contribution in [0.4, 0.5) is 5.69 Å². The van der Waals surface area contributed by atoms with E-state index in [0.29, 0.717) is 29.4 Å². The number of aliphatic hydroxyl groups is 1. The summed E-state index contributed by atoms with van der Waals surface area (Å²) in [6, 6.07) is 16.8. The van der Waals surface area contributed by atoms with Gasteiger partial charge < -0.3 is 15.0 Å². The molecule has 0 aliphatic rings. The normalized spacial score (nSPS) is 13.1. The number of hydrogen-bond donors (Lipinski definition) is 2. The van der Waals surface area contributed by atoms with Gasteiger partial charge in [-0.15, -0.1) is 5.10 Å². The van der Waals surface area contributed by atoms with Crippen molar-refractivity contribution in [2.75, 3.05) is 5.32 Å². The van der Waals surface area contributed by atoms with Gasteiger partial charge in [-0.1, -0.05) is 48.9 Å². The number of fused-ring (bicyclic) bond motifs is 1. The van der Waals surface area contributed by atoms with Gasteiger partial charge in [-0.25, -0.2) is 0 Å². The third kappa shape index (κ3) is 5.07. The summed E-state index contributed by atoms with van der Waals surface area (Å²) < 4.78 is 2.91. The molecule has 0 saturated carbocycles. The summed E-state index contributed by atoms with van der Waals surface area (Å²) in [5, 5.41) is 16.9. The van der Waals surface area contributed by atoms with E-state index >= 15 is 0 Å². The highest BCUT2D eigenvalue weighted by atomic mass is 16.3. The van der Waals surface area contributed by atoms with Crippen LogP contribution < -0.4 is 10.9 Å². The number of nitrogens with one attached hydrogen (secondary N) is 1. The van der Waals surface area contributed by atoms with Crippen molar-refractivity contribution in [3.63, 3.8) is 0 Å². The van der Waals surface area contributed by atoms with Crippen LogP contribution in [0.25, 0.3) is 17.2 Å². The van der Waals surface area contributed by atoms with Crippen molar-refractivity contribution >= 4 is 17.4 Å². The Balaban J connectivity index is 1.62. The molecule has 2 N–H and O–H groups in total. The molecule has 0 saturated heterocycles. The van der Waals surface area contributed by atoms with Crippen LogP contribution in [0.1, 0.15) is 43.0 Å². The number of benzene rings is 2. The Morgan fingerprint density at radius 2 is 1.74 bits per heavy atom. The molecule has 176 valence electrons. The molecular weight excluding hydrogens is 430 g/mol. The minimum Gasteiger partial charge on any atom is -0.393 e. The quantitative estimate of drug-likeness (QED) is 0.439. The monoisotopic (exact) mass is 459 g/mol. The molecule has 0 aliphatic carbocycles. The molecule has 8 heteroatoms. The number of aliphatic hydroxyl groups excluding tert-OH is 1. The van der Waals surface area contributed by atoms with Crippen LogP contribution in [0.15, 0.2) is 59.4 Å². The molecule has 2 unspecified atom stereocenters. The minimum atomic E-state index is -0.368. The Morgan fingerprint density at radius 1 is 1.06 bits per heavy atom. The number of amides is 1. The van der Waals surface area contributed by atoms with Gasteiger partial charge in [0.05, 0.1) is 6.10 Å². The Bertz CT molecular complexity index is 1370. The topological polar surface area (TPSA) is 102 Å². The zero-order valence-corrected chi connectivity index (χ0v) is 19.8. The summed E-state index contributed by atoms with van der Waals surface area (Å²) in [7, 11) is 0. The maximum absolute atomic E-state index is 12.7. The van der Waals surface area contributed by atoms with Crippen LogP contribution in [0.5, 0.6) is 0 Å². The zero-order chi connectivity index (χ0) is 24.4. The lowest BCUT2D eigenvalue weighted by molar-refractivity contribution is -0.116. The van der Waals surface area contributed by atoms with E-state index in [9.17, 15) is 14.7 Å². The van der Waals surface area contributed by atoms with Crippen LogP contribution in [0.3, 0.4) is 0 Å². The maximum Gasteiger partial charge on any atom is 0.275 e. The molecule has 0 aliphatic heterocycles. The Kier molecular flexibility index (Phi) is 6.61. The molecule has 2 atom stereocenters. The molecule has 1 amide bonds. The fraction of sp³-hybridized carbons (Fsp3) is 0.308. The fourth-order valence-corrected chi connectivity index (χ4v) is 4.01. The van der Waals surface area contributed by atoms with E-state index in [-0.39, 0.29) is 30.0 Å². The lowest BCUT2D eigenvalue weighted by Crippen LogP contribution is -2.25. The van der Waals surface area contributed by atoms with Gasteiger partial charge >= 0.3 is 0 Å². The lowest BCUT2D eigenvalue weighted by atomic mass is 9.94. The number of carbonyl (C=O) groups excluding carboxylic acids is 1. The zero-order valence-electron chi connectivity index (χ0n) is 19.8. The number of hydrogen-bond acceptors (Lipinski definition) is 5. The van der Waals surface area contributed by atoms with Gasteiger partial charge in [0.1, 0.15) is 6.54 Å². The second kappa shape index (κ2) is 9.61. The predicted octanol–water partition coefficient (Wildman–Crippen LogP) is 3.69. The van der Waals surface area contributed by atoms with Crippen molar-refractivity contribution in [3.8, 4) is 11.4 Å². The predicted molar refractivity (Wildman–Crippen MR) is 132 cm³/mol. The molecule has 2 heterocycles. The highest BCUT2D eigenvalue weighted by Gasteiger charge is 2.16. The summed E-state index contributed by atoms with van der Waals surface area (Å²) >= 11 is 0. The van der Waals surface area contributed by atoms with E-state index in [4.69, 9.17) is 0 Å². The Hall–Kier alpha value is -3.78. The summed E-state index contributed by atoms with van der Waals surface area (Å²) in [4.78, 5) is 29.9. The molecule has 2 aromatic heterocycles. The molecule has 4 aromatic rings. The van der Waals surface area contributed by atoms with Gasteiger partial charge in [-0.3, -0.25) is 9.59 Å². The third-order valence-corrected chi connectivity index (χ3v) is 5.87. The highest BCUT2D eigenvalue weighted by Crippen LogP contribution is 2.24. The Morgan fingerprint density at radius 3 is 2.38 bits per heavy atom. The third-order valence-electron chi connectivity index (χ3n) is 5.87. The molecular formula is C26H29N5O3.